The Hall–Kier alpha value is -2.73. The number of hydrogen-bond acceptors (Lipinski definition) is 5. The van der Waals surface area contributed by atoms with Crippen molar-refractivity contribution in [3.05, 3.63) is 53.1 Å². The largest absolute Gasteiger partial charge is 0.507 e. The molecule has 6 nitrogen and oxygen atoms in total. The number of nitrogens with zero attached hydrogens (tertiary/aromatic N) is 2. The summed E-state index contributed by atoms with van der Waals surface area (Å²) < 4.78 is 10.5. The lowest BCUT2D eigenvalue weighted by molar-refractivity contribution is 0.177. The van der Waals surface area contributed by atoms with Gasteiger partial charge in [0, 0.05) is 31.3 Å². The Balaban J connectivity index is 1.63. The SMILES string of the molecule is COc1ccc(CN2CC[C@H]3COC(=O)N3c3cc(C)ccc3C2)c(O)c1. The van der Waals surface area contributed by atoms with Crippen molar-refractivity contribution in [1.29, 1.82) is 0 Å². The van der Waals surface area contributed by atoms with Gasteiger partial charge in [-0.2, -0.15) is 0 Å². The van der Waals surface area contributed by atoms with Crippen LogP contribution in [0.3, 0.4) is 0 Å². The number of methoxy groups -OCH3 is 1. The molecule has 0 bridgehead atoms. The molecule has 1 atom stereocenters. The maximum atomic E-state index is 12.3. The van der Waals surface area contributed by atoms with E-state index >= 15 is 0 Å². The topological polar surface area (TPSA) is 62.2 Å². The molecule has 1 fully saturated rings. The summed E-state index contributed by atoms with van der Waals surface area (Å²) >= 11 is 0. The molecular formula is C21H24N2O4. The Morgan fingerprint density at radius 2 is 2.11 bits per heavy atom. The van der Waals surface area contributed by atoms with Gasteiger partial charge in [-0.1, -0.05) is 18.2 Å². The van der Waals surface area contributed by atoms with Crippen molar-refractivity contribution in [3.8, 4) is 11.5 Å². The molecule has 0 radical (unpaired) electrons. The van der Waals surface area contributed by atoms with Gasteiger partial charge >= 0.3 is 6.09 Å². The van der Waals surface area contributed by atoms with Crippen LogP contribution in [-0.4, -0.2) is 42.4 Å². The molecule has 0 unspecified atom stereocenters. The molecule has 0 aromatic heterocycles. The standard InChI is InChI=1S/C21H24N2O4/c1-14-3-4-15-11-22(12-16-5-6-18(26-2)10-20(16)24)8-7-17-13-27-21(25)23(17)19(15)9-14/h3-6,9-10,17,24H,7-8,11-13H2,1-2H3/t17-/m0/s1. The Bertz CT molecular complexity index is 867. The highest BCUT2D eigenvalue weighted by Gasteiger charge is 2.37. The molecule has 2 aliphatic heterocycles. The summed E-state index contributed by atoms with van der Waals surface area (Å²) in [7, 11) is 1.59. The van der Waals surface area contributed by atoms with E-state index in [-0.39, 0.29) is 17.9 Å². The monoisotopic (exact) mass is 368 g/mol. The van der Waals surface area contributed by atoms with Gasteiger partial charge < -0.3 is 14.6 Å². The highest BCUT2D eigenvalue weighted by Crippen LogP contribution is 2.33. The first-order chi connectivity index (χ1) is 13.0. The Labute approximate surface area is 158 Å². The van der Waals surface area contributed by atoms with Crippen molar-refractivity contribution in [3.63, 3.8) is 0 Å². The number of carbonyl (C=O) groups excluding carboxylic acids is 1. The molecule has 0 aliphatic carbocycles. The van der Waals surface area contributed by atoms with Gasteiger partial charge in [-0.3, -0.25) is 9.80 Å². The summed E-state index contributed by atoms with van der Waals surface area (Å²) in [6, 6.07) is 11.7. The minimum absolute atomic E-state index is 0.0466. The van der Waals surface area contributed by atoms with Crippen LogP contribution < -0.4 is 9.64 Å². The van der Waals surface area contributed by atoms with Crippen LogP contribution in [-0.2, 0) is 17.8 Å². The van der Waals surface area contributed by atoms with Crippen molar-refractivity contribution in [2.24, 2.45) is 0 Å². The van der Waals surface area contributed by atoms with E-state index in [4.69, 9.17) is 9.47 Å². The number of phenolic OH excluding ortho intramolecular Hbond substituents is 1. The molecule has 2 aliphatic rings. The second-order valence-electron chi connectivity index (χ2n) is 7.23. The lowest BCUT2D eigenvalue weighted by Gasteiger charge is -2.32. The van der Waals surface area contributed by atoms with Crippen LogP contribution in [0.4, 0.5) is 10.5 Å². The lowest BCUT2D eigenvalue weighted by Crippen LogP contribution is -2.40. The molecule has 4 rings (SSSR count). The number of ether oxygens (including phenoxy) is 2. The molecule has 2 aromatic carbocycles. The first-order valence-electron chi connectivity index (χ1n) is 9.19. The fourth-order valence-electron chi connectivity index (χ4n) is 3.83. The molecule has 0 spiro atoms. The summed E-state index contributed by atoms with van der Waals surface area (Å²) in [5.74, 6) is 0.878. The summed E-state index contributed by atoms with van der Waals surface area (Å²) in [5, 5.41) is 10.3. The number of carbonyl (C=O) groups is 1. The average molecular weight is 368 g/mol. The van der Waals surface area contributed by atoms with Gasteiger partial charge in [0.05, 0.1) is 18.8 Å². The number of hydrogen-bond donors (Lipinski definition) is 1. The number of aryl methyl sites for hydroxylation is 1. The molecule has 6 heteroatoms. The molecule has 1 N–H and O–H groups in total. The third kappa shape index (κ3) is 3.45. The van der Waals surface area contributed by atoms with Gasteiger partial charge in [0.15, 0.2) is 0 Å². The van der Waals surface area contributed by atoms with Crippen molar-refractivity contribution < 1.29 is 19.4 Å². The summed E-state index contributed by atoms with van der Waals surface area (Å²) in [6.07, 6.45) is 0.573. The fraction of sp³-hybridized carbons (Fsp3) is 0.381. The van der Waals surface area contributed by atoms with Crippen LogP contribution in [0.25, 0.3) is 0 Å². The minimum atomic E-state index is -0.256. The molecular weight excluding hydrogens is 344 g/mol. The van der Waals surface area contributed by atoms with Gasteiger partial charge in [0.25, 0.3) is 0 Å². The molecule has 27 heavy (non-hydrogen) atoms. The Morgan fingerprint density at radius 3 is 2.89 bits per heavy atom. The zero-order valence-corrected chi connectivity index (χ0v) is 15.6. The van der Waals surface area contributed by atoms with Gasteiger partial charge in [-0.15, -0.1) is 0 Å². The van der Waals surface area contributed by atoms with Crippen LogP contribution in [0.5, 0.6) is 11.5 Å². The zero-order valence-electron chi connectivity index (χ0n) is 15.6. The number of benzene rings is 2. The van der Waals surface area contributed by atoms with Gasteiger partial charge in [0.2, 0.25) is 0 Å². The van der Waals surface area contributed by atoms with Crippen molar-refractivity contribution >= 4 is 11.8 Å². The van der Waals surface area contributed by atoms with Gasteiger partial charge in [-0.25, -0.2) is 4.79 Å². The van der Waals surface area contributed by atoms with Crippen LogP contribution in [0.15, 0.2) is 36.4 Å². The molecule has 2 heterocycles. The van der Waals surface area contributed by atoms with Crippen molar-refractivity contribution in [1.82, 2.24) is 4.90 Å². The first kappa shape index (κ1) is 17.7. The predicted molar refractivity (Wildman–Crippen MR) is 102 cm³/mol. The highest BCUT2D eigenvalue weighted by atomic mass is 16.6. The number of amides is 1. The van der Waals surface area contributed by atoms with Crippen LogP contribution in [0.2, 0.25) is 0 Å². The first-order valence-corrected chi connectivity index (χ1v) is 9.19. The van der Waals surface area contributed by atoms with Crippen LogP contribution in [0.1, 0.15) is 23.1 Å². The molecule has 2 aromatic rings. The van der Waals surface area contributed by atoms with E-state index in [0.717, 1.165) is 35.3 Å². The normalized spacial score (nSPS) is 19.7. The predicted octanol–water partition coefficient (Wildman–Crippen LogP) is 3.44. The van der Waals surface area contributed by atoms with E-state index in [9.17, 15) is 9.90 Å². The number of aromatic hydroxyl groups is 1. The average Bonchev–Trinajstić information content (AvgIpc) is 3.01. The van der Waals surface area contributed by atoms with Crippen LogP contribution >= 0.6 is 0 Å². The molecule has 1 saturated heterocycles. The second-order valence-corrected chi connectivity index (χ2v) is 7.23. The van der Waals surface area contributed by atoms with Crippen molar-refractivity contribution in [2.45, 2.75) is 32.5 Å². The third-order valence-electron chi connectivity index (χ3n) is 5.32. The van der Waals surface area contributed by atoms with E-state index in [1.54, 1.807) is 13.2 Å². The second kappa shape index (κ2) is 7.12. The number of rotatable bonds is 3. The number of fused-ring (bicyclic) bond motifs is 3. The maximum absolute atomic E-state index is 12.3. The van der Waals surface area contributed by atoms with Crippen LogP contribution in [0, 0.1) is 6.92 Å². The zero-order chi connectivity index (χ0) is 19.0. The Morgan fingerprint density at radius 1 is 1.26 bits per heavy atom. The summed E-state index contributed by atoms with van der Waals surface area (Å²) in [6.45, 7) is 4.61. The number of cyclic esters (lactones) is 1. The quantitative estimate of drug-likeness (QED) is 0.899. The van der Waals surface area contributed by atoms with E-state index in [1.807, 2.05) is 24.0 Å². The van der Waals surface area contributed by atoms with E-state index < -0.39 is 0 Å². The Kier molecular flexibility index (Phi) is 4.66. The van der Waals surface area contributed by atoms with E-state index in [0.29, 0.717) is 25.4 Å². The number of phenols is 1. The van der Waals surface area contributed by atoms with E-state index in [1.165, 1.54) is 0 Å². The smallest absolute Gasteiger partial charge is 0.414 e. The third-order valence-corrected chi connectivity index (χ3v) is 5.32. The highest BCUT2D eigenvalue weighted by molar-refractivity contribution is 5.91. The van der Waals surface area contributed by atoms with Gasteiger partial charge in [0.1, 0.15) is 18.1 Å². The molecule has 1 amide bonds. The lowest BCUT2D eigenvalue weighted by atomic mass is 10.0. The van der Waals surface area contributed by atoms with Gasteiger partial charge in [-0.05, 0) is 36.6 Å². The fourth-order valence-corrected chi connectivity index (χ4v) is 3.83. The maximum Gasteiger partial charge on any atom is 0.414 e. The minimum Gasteiger partial charge on any atom is -0.507 e. The van der Waals surface area contributed by atoms with Crippen molar-refractivity contribution in [2.75, 3.05) is 25.2 Å². The van der Waals surface area contributed by atoms with E-state index in [2.05, 4.69) is 23.1 Å². The molecule has 0 saturated carbocycles. The summed E-state index contributed by atoms with van der Waals surface area (Å²) in [4.78, 5) is 16.4. The molecule has 142 valence electrons. The number of anilines is 1. The summed E-state index contributed by atoms with van der Waals surface area (Å²) in [5.41, 5.74) is 4.01.